The fourth-order valence-corrected chi connectivity index (χ4v) is 12.1. The van der Waals surface area contributed by atoms with E-state index in [1.807, 2.05) is 27.7 Å². The van der Waals surface area contributed by atoms with Crippen LogP contribution < -0.4 is 0 Å². The molecule has 0 heterocycles. The second-order valence-electron chi connectivity index (χ2n) is 12.5. The van der Waals surface area contributed by atoms with Gasteiger partial charge in [0.2, 0.25) is 0 Å². The number of rotatable bonds is 24. The molecule has 0 aromatic heterocycles. The largest absolute Gasteiger partial charge is 0.381 e. The topological polar surface area (TPSA) is 126 Å². The third-order valence-electron chi connectivity index (χ3n) is 8.79. The quantitative estimate of drug-likeness (QED) is 0.0839. The highest BCUT2D eigenvalue weighted by atomic mass is 31.2. The molecule has 256 valence electrons. The number of aliphatic hydroxyl groups is 2. The van der Waals surface area contributed by atoms with E-state index in [0.29, 0.717) is 35.8 Å². The molecule has 0 amide bonds. The van der Waals surface area contributed by atoms with Crippen molar-refractivity contribution >= 4 is 31.6 Å². The Morgan fingerprint density at radius 3 is 1.15 bits per heavy atom. The SMILES string of the molecule is CCCCP(=O)(CCCC)C(O)c1ccccc1C(=O)CCC(=O)CCC(=O)c1ccccc1C(O)P(=O)(CCCC)CCCC. The van der Waals surface area contributed by atoms with Crippen molar-refractivity contribution in [1.29, 1.82) is 0 Å². The predicted octanol–water partition coefficient (Wildman–Crippen LogP) is 9.79. The van der Waals surface area contributed by atoms with Gasteiger partial charge in [-0.15, -0.1) is 0 Å². The average Bonchev–Trinajstić information content (AvgIpc) is 3.08. The minimum Gasteiger partial charge on any atom is -0.381 e. The van der Waals surface area contributed by atoms with Crippen LogP contribution in [-0.2, 0) is 13.9 Å². The molecule has 46 heavy (non-hydrogen) atoms. The van der Waals surface area contributed by atoms with Crippen LogP contribution in [0.4, 0.5) is 0 Å². The lowest BCUT2D eigenvalue weighted by Gasteiger charge is -2.26. The maximum atomic E-state index is 13.9. The van der Waals surface area contributed by atoms with Gasteiger partial charge < -0.3 is 19.3 Å². The number of ketones is 3. The lowest BCUT2D eigenvalue weighted by Crippen LogP contribution is -2.14. The summed E-state index contributed by atoms with van der Waals surface area (Å²) in [6, 6.07) is 13.4. The molecule has 9 heteroatoms. The number of carbonyl (C=O) groups is 3. The van der Waals surface area contributed by atoms with Gasteiger partial charge in [0.25, 0.3) is 0 Å². The maximum Gasteiger partial charge on any atom is 0.163 e. The molecule has 0 aliphatic rings. The van der Waals surface area contributed by atoms with Gasteiger partial charge in [-0.25, -0.2) is 0 Å². The van der Waals surface area contributed by atoms with Crippen molar-refractivity contribution < 1.29 is 33.7 Å². The van der Waals surface area contributed by atoms with Crippen molar-refractivity contribution in [2.45, 2.75) is 116 Å². The van der Waals surface area contributed by atoms with Gasteiger partial charge in [0.1, 0.15) is 31.8 Å². The van der Waals surface area contributed by atoms with E-state index < -0.39 is 26.0 Å². The van der Waals surface area contributed by atoms with Crippen molar-refractivity contribution in [2.75, 3.05) is 24.6 Å². The number of carbonyl (C=O) groups excluding carboxylic acids is 3. The van der Waals surface area contributed by atoms with E-state index >= 15 is 0 Å². The van der Waals surface area contributed by atoms with Crippen molar-refractivity contribution in [3.63, 3.8) is 0 Å². The molecule has 0 aliphatic heterocycles. The van der Waals surface area contributed by atoms with Gasteiger partial charge in [0.05, 0.1) is 0 Å². The average molecular weight is 675 g/mol. The summed E-state index contributed by atoms with van der Waals surface area (Å²) in [4.78, 5) is 39.4. The van der Waals surface area contributed by atoms with Crippen LogP contribution in [0.2, 0.25) is 0 Å². The second-order valence-corrected chi connectivity index (χ2v) is 19.1. The van der Waals surface area contributed by atoms with Crippen LogP contribution in [0.25, 0.3) is 0 Å². The number of hydrogen-bond donors (Lipinski definition) is 2. The highest BCUT2D eigenvalue weighted by Gasteiger charge is 2.35. The van der Waals surface area contributed by atoms with Gasteiger partial charge in [-0.05, 0) is 36.8 Å². The lowest BCUT2D eigenvalue weighted by molar-refractivity contribution is -0.119. The number of unbranched alkanes of at least 4 members (excludes halogenated alkanes) is 4. The van der Waals surface area contributed by atoms with Crippen LogP contribution in [0.3, 0.4) is 0 Å². The highest BCUT2D eigenvalue weighted by molar-refractivity contribution is 7.64. The fourth-order valence-electron chi connectivity index (χ4n) is 5.78. The third kappa shape index (κ3) is 11.5. The van der Waals surface area contributed by atoms with E-state index in [0.717, 1.165) is 51.4 Å². The summed E-state index contributed by atoms with van der Waals surface area (Å²) < 4.78 is 27.7. The minimum atomic E-state index is -2.99. The molecule has 0 saturated carbocycles. The molecule has 0 radical (unpaired) electrons. The predicted molar refractivity (Wildman–Crippen MR) is 189 cm³/mol. The van der Waals surface area contributed by atoms with E-state index in [9.17, 15) is 33.7 Å². The van der Waals surface area contributed by atoms with Gasteiger partial charge in [-0.1, -0.05) is 102 Å². The highest BCUT2D eigenvalue weighted by Crippen LogP contribution is 2.60. The second kappa shape index (κ2) is 20.3. The van der Waals surface area contributed by atoms with E-state index in [4.69, 9.17) is 0 Å². The number of aliphatic hydroxyl groups excluding tert-OH is 2. The van der Waals surface area contributed by atoms with E-state index in [2.05, 4.69) is 0 Å². The molecule has 7 nitrogen and oxygen atoms in total. The summed E-state index contributed by atoms with van der Waals surface area (Å²) in [5, 5.41) is 22.6. The van der Waals surface area contributed by atoms with Crippen LogP contribution in [0.5, 0.6) is 0 Å². The Labute approximate surface area is 276 Å². The maximum absolute atomic E-state index is 13.9. The molecule has 2 unspecified atom stereocenters. The summed E-state index contributed by atoms with van der Waals surface area (Å²) >= 11 is 0. The standard InChI is InChI=1S/C37H56O7P2/c1-5-9-25-45(43,26-10-6-2)36(41)32-19-15-13-17-30(32)34(39)23-21-29(38)22-24-35(40)31-18-14-16-20-33(31)37(42)46(44,27-11-7-3)28-12-8-4/h13-20,36-37,41-42H,5-12,21-28H2,1-4H3. The minimum absolute atomic E-state index is 0.0621. The van der Waals surface area contributed by atoms with Gasteiger partial charge in [-0.3, -0.25) is 14.4 Å². The van der Waals surface area contributed by atoms with Crippen molar-refractivity contribution in [1.82, 2.24) is 0 Å². The van der Waals surface area contributed by atoms with Crippen LogP contribution in [0.1, 0.15) is 148 Å². The van der Waals surface area contributed by atoms with Crippen LogP contribution in [0, 0.1) is 0 Å². The molecule has 0 saturated heterocycles. The Morgan fingerprint density at radius 1 is 0.543 bits per heavy atom. The van der Waals surface area contributed by atoms with Gasteiger partial charge in [-0.2, -0.15) is 0 Å². The Kier molecular flexibility index (Phi) is 17.6. The number of hydrogen-bond acceptors (Lipinski definition) is 7. The van der Waals surface area contributed by atoms with E-state index in [1.54, 1.807) is 48.5 Å². The Hall–Kier alpha value is -2.17. The first-order valence-corrected chi connectivity index (χ1v) is 21.5. The molecular weight excluding hydrogens is 618 g/mol. The Bertz CT molecular complexity index is 1240. The first-order chi connectivity index (χ1) is 22.0. The zero-order chi connectivity index (χ0) is 34.2. The summed E-state index contributed by atoms with van der Waals surface area (Å²) in [7, 11) is -5.98. The summed E-state index contributed by atoms with van der Waals surface area (Å²) in [6.07, 6.45) is 7.80. The number of Topliss-reactive ketones (excluding diaryl/α,β-unsaturated/α-hetero) is 3. The molecule has 2 rings (SSSR count). The first kappa shape index (κ1) is 40.0. The molecule has 0 bridgehead atoms. The normalized spacial score (nSPS) is 13.3. The molecule has 0 aliphatic carbocycles. The van der Waals surface area contributed by atoms with E-state index in [1.165, 1.54) is 0 Å². The van der Waals surface area contributed by atoms with Crippen LogP contribution in [-0.4, -0.2) is 52.2 Å². The summed E-state index contributed by atoms with van der Waals surface area (Å²) in [5.41, 5.74) is 1.28. The summed E-state index contributed by atoms with van der Waals surface area (Å²) in [6.45, 7) is 8.06. The van der Waals surface area contributed by atoms with Crippen molar-refractivity contribution in [3.05, 3.63) is 70.8 Å². The Morgan fingerprint density at radius 2 is 0.848 bits per heavy atom. The first-order valence-electron chi connectivity index (χ1n) is 17.2. The molecular formula is C37H56O7P2. The lowest BCUT2D eigenvalue weighted by atomic mass is 9.97. The molecule has 2 aromatic carbocycles. The third-order valence-corrected chi connectivity index (χ3v) is 15.4. The molecule has 0 spiro atoms. The van der Waals surface area contributed by atoms with Gasteiger partial charge in [0.15, 0.2) is 11.6 Å². The summed E-state index contributed by atoms with van der Waals surface area (Å²) in [5.74, 6) is -3.32. The number of benzene rings is 2. The zero-order valence-corrected chi connectivity index (χ0v) is 30.2. The zero-order valence-electron chi connectivity index (χ0n) is 28.4. The smallest absolute Gasteiger partial charge is 0.163 e. The Balaban J connectivity index is 2.10. The fraction of sp³-hybridized carbons (Fsp3) is 0.595. The van der Waals surface area contributed by atoms with Crippen molar-refractivity contribution in [3.8, 4) is 0 Å². The molecule has 2 aromatic rings. The van der Waals surface area contributed by atoms with Crippen LogP contribution in [0.15, 0.2) is 48.5 Å². The monoisotopic (exact) mass is 674 g/mol. The van der Waals surface area contributed by atoms with Crippen molar-refractivity contribution in [2.24, 2.45) is 0 Å². The van der Waals surface area contributed by atoms with Gasteiger partial charge >= 0.3 is 0 Å². The molecule has 2 N–H and O–H groups in total. The molecule has 2 atom stereocenters. The van der Waals surface area contributed by atoms with E-state index in [-0.39, 0.29) is 54.2 Å². The van der Waals surface area contributed by atoms with Crippen LogP contribution >= 0.6 is 14.3 Å². The van der Waals surface area contributed by atoms with Gasteiger partial charge in [0, 0.05) is 61.5 Å². The molecule has 0 fully saturated rings.